The molecule has 0 unspecified atom stereocenters. The van der Waals surface area contributed by atoms with Gasteiger partial charge in [0.05, 0.1) is 5.84 Å². The van der Waals surface area contributed by atoms with Crippen LogP contribution in [0.3, 0.4) is 0 Å². The molecule has 0 saturated carbocycles. The van der Waals surface area contributed by atoms with Crippen molar-refractivity contribution < 1.29 is 44.3 Å². The summed E-state index contributed by atoms with van der Waals surface area (Å²) in [5, 5.41) is 0. The molecule has 78 valence electrons. The molecule has 14 heavy (non-hydrogen) atoms. The summed E-state index contributed by atoms with van der Waals surface area (Å²) >= 11 is 0. The van der Waals surface area contributed by atoms with Crippen molar-refractivity contribution in [1.82, 2.24) is 4.90 Å². The summed E-state index contributed by atoms with van der Waals surface area (Å²) in [5.41, 5.74) is 0. The van der Waals surface area contributed by atoms with Crippen LogP contribution in [0.15, 0.2) is 4.99 Å². The Bertz CT molecular complexity index is 176. The zero-order chi connectivity index (χ0) is 7.52. The van der Waals surface area contributed by atoms with E-state index in [0.29, 0.717) is 0 Å². The van der Waals surface area contributed by atoms with E-state index < -0.39 is 0 Å². The Kier molecular flexibility index (Phi) is 10.9. The summed E-state index contributed by atoms with van der Waals surface area (Å²) in [6.45, 7) is 3.60. The number of nitrogens with zero attached hydrogens (tertiary/aromatic N) is 2. The van der Waals surface area contributed by atoms with Gasteiger partial charge >= 0.3 is 19.5 Å². The van der Waals surface area contributed by atoms with E-state index in [1.807, 2.05) is 0 Å². The van der Waals surface area contributed by atoms with Gasteiger partial charge < -0.3 is 29.7 Å². The molecule has 2 aliphatic rings. The minimum atomic E-state index is 0. The Morgan fingerprint density at radius 3 is 2.43 bits per heavy atom. The van der Waals surface area contributed by atoms with E-state index in [2.05, 4.69) is 9.89 Å². The summed E-state index contributed by atoms with van der Waals surface area (Å²) in [5.74, 6) is 1.40. The van der Waals surface area contributed by atoms with Crippen LogP contribution >= 0.6 is 0 Å². The maximum atomic E-state index is 4.55. The molecule has 2 aliphatic heterocycles. The third kappa shape index (κ3) is 4.46. The third-order valence-corrected chi connectivity index (χ3v) is 2.57. The van der Waals surface area contributed by atoms with E-state index >= 15 is 0 Å². The fourth-order valence-electron chi connectivity index (χ4n) is 1.94. The molecule has 0 N–H and O–H groups in total. The number of fused-ring (bicyclic) bond motifs is 1. The molecule has 0 bridgehead atoms. The molecular formula is C9H16Cl2N2Zn. The zero-order valence-corrected chi connectivity index (χ0v) is 13.0. The summed E-state index contributed by atoms with van der Waals surface area (Å²) in [6.07, 6.45) is 6.63. The van der Waals surface area contributed by atoms with Crippen molar-refractivity contribution in [1.29, 1.82) is 0 Å². The summed E-state index contributed by atoms with van der Waals surface area (Å²) < 4.78 is 0. The number of rotatable bonds is 0. The van der Waals surface area contributed by atoms with Gasteiger partial charge in [-0.15, -0.1) is 0 Å². The molecule has 1 saturated heterocycles. The van der Waals surface area contributed by atoms with Crippen molar-refractivity contribution in [2.75, 3.05) is 19.6 Å². The van der Waals surface area contributed by atoms with Gasteiger partial charge in [-0.3, -0.25) is 4.99 Å². The molecule has 0 aromatic heterocycles. The predicted molar refractivity (Wildman–Crippen MR) is 47.0 cm³/mol. The van der Waals surface area contributed by atoms with Crippen molar-refractivity contribution in [3.8, 4) is 0 Å². The van der Waals surface area contributed by atoms with Crippen LogP contribution in [0, 0.1) is 0 Å². The molecule has 2 rings (SSSR count). The SMILES string of the molecule is C1CCC2=NCCCN2CC1.[Cl-].[Cl-].[Zn+2]. The Labute approximate surface area is 111 Å². The van der Waals surface area contributed by atoms with E-state index in [1.54, 1.807) is 0 Å². The second kappa shape index (κ2) is 8.94. The van der Waals surface area contributed by atoms with E-state index in [1.165, 1.54) is 51.0 Å². The summed E-state index contributed by atoms with van der Waals surface area (Å²) in [4.78, 5) is 7.04. The maximum Gasteiger partial charge on any atom is 2.00 e. The molecule has 0 spiro atoms. The molecule has 0 aliphatic carbocycles. The third-order valence-electron chi connectivity index (χ3n) is 2.57. The number of halogens is 2. The fourth-order valence-corrected chi connectivity index (χ4v) is 1.94. The van der Waals surface area contributed by atoms with Crippen LogP contribution in [0.5, 0.6) is 0 Å². The smallest absolute Gasteiger partial charge is 1.00 e. The van der Waals surface area contributed by atoms with Crippen LogP contribution in [-0.4, -0.2) is 30.4 Å². The van der Waals surface area contributed by atoms with Gasteiger partial charge in [-0.25, -0.2) is 0 Å². The van der Waals surface area contributed by atoms with Crippen molar-refractivity contribution in [3.63, 3.8) is 0 Å². The second-order valence-corrected chi connectivity index (χ2v) is 3.45. The quantitative estimate of drug-likeness (QED) is 0.412. The molecular weight excluding hydrogens is 272 g/mol. The molecule has 5 heteroatoms. The van der Waals surface area contributed by atoms with Crippen LogP contribution in [0.4, 0.5) is 0 Å². The van der Waals surface area contributed by atoms with E-state index in [4.69, 9.17) is 0 Å². The van der Waals surface area contributed by atoms with Crippen LogP contribution < -0.4 is 24.8 Å². The van der Waals surface area contributed by atoms with Gasteiger partial charge in [-0.05, 0) is 19.3 Å². The molecule has 1 fully saturated rings. The summed E-state index contributed by atoms with van der Waals surface area (Å²) in [6, 6.07) is 0. The standard InChI is InChI=1S/C9H16N2.2ClH.Zn/c1-2-5-9-10-6-4-8-11(9)7-3-1;;;/h1-8H2;2*1H;/q;;;+2/p-2. The summed E-state index contributed by atoms with van der Waals surface area (Å²) in [7, 11) is 0. The number of amidine groups is 1. The van der Waals surface area contributed by atoms with Crippen LogP contribution in [0.1, 0.15) is 32.1 Å². The molecule has 2 heterocycles. The van der Waals surface area contributed by atoms with Gasteiger partial charge in [0.15, 0.2) is 0 Å². The largest absolute Gasteiger partial charge is 2.00 e. The number of aliphatic imine (C=N–C) groups is 1. The van der Waals surface area contributed by atoms with Gasteiger partial charge in [-0.1, -0.05) is 6.42 Å². The van der Waals surface area contributed by atoms with E-state index in [9.17, 15) is 0 Å². The van der Waals surface area contributed by atoms with Crippen LogP contribution in [0.25, 0.3) is 0 Å². The average molecular weight is 289 g/mol. The van der Waals surface area contributed by atoms with Crippen LogP contribution in [0.2, 0.25) is 0 Å². The Hall–Kier alpha value is 0.673. The minimum Gasteiger partial charge on any atom is -1.00 e. The molecule has 0 aromatic carbocycles. The van der Waals surface area contributed by atoms with Crippen molar-refractivity contribution in [2.24, 2.45) is 4.99 Å². The first kappa shape index (κ1) is 17.1. The minimum absolute atomic E-state index is 0. The van der Waals surface area contributed by atoms with Gasteiger partial charge in [-0.2, -0.15) is 0 Å². The average Bonchev–Trinajstić information content (AvgIpc) is 2.28. The Balaban J connectivity index is 0. The monoisotopic (exact) mass is 286 g/mol. The topological polar surface area (TPSA) is 15.6 Å². The number of hydrogen-bond donors (Lipinski definition) is 0. The Morgan fingerprint density at radius 2 is 1.64 bits per heavy atom. The Morgan fingerprint density at radius 1 is 0.929 bits per heavy atom. The predicted octanol–water partition coefficient (Wildman–Crippen LogP) is -4.33. The van der Waals surface area contributed by atoms with Gasteiger partial charge in [0.25, 0.3) is 0 Å². The zero-order valence-electron chi connectivity index (χ0n) is 8.51. The second-order valence-electron chi connectivity index (χ2n) is 3.45. The van der Waals surface area contributed by atoms with Gasteiger partial charge in [0.2, 0.25) is 0 Å². The molecule has 0 amide bonds. The molecule has 2 nitrogen and oxygen atoms in total. The van der Waals surface area contributed by atoms with Crippen molar-refractivity contribution in [2.45, 2.75) is 32.1 Å². The van der Waals surface area contributed by atoms with Crippen molar-refractivity contribution >= 4 is 5.84 Å². The van der Waals surface area contributed by atoms with Gasteiger partial charge in [0, 0.05) is 26.1 Å². The van der Waals surface area contributed by atoms with E-state index in [0.717, 1.165) is 6.54 Å². The normalized spacial score (nSPS) is 20.0. The van der Waals surface area contributed by atoms with Crippen LogP contribution in [-0.2, 0) is 19.5 Å². The molecule has 0 radical (unpaired) electrons. The van der Waals surface area contributed by atoms with E-state index in [-0.39, 0.29) is 44.3 Å². The van der Waals surface area contributed by atoms with Crippen molar-refractivity contribution in [3.05, 3.63) is 0 Å². The fraction of sp³-hybridized carbons (Fsp3) is 0.889. The molecule has 0 aromatic rings. The molecule has 0 atom stereocenters. The first-order valence-electron chi connectivity index (χ1n) is 4.75. The first-order valence-corrected chi connectivity index (χ1v) is 4.75. The number of hydrogen-bond acceptors (Lipinski definition) is 2. The maximum absolute atomic E-state index is 4.55. The van der Waals surface area contributed by atoms with Gasteiger partial charge in [0.1, 0.15) is 0 Å². The first-order chi connectivity index (χ1) is 5.47.